The second-order valence-corrected chi connectivity index (χ2v) is 13.1. The third-order valence-electron chi connectivity index (χ3n) is 7.35. The topological polar surface area (TPSA) is 0 Å². The molecule has 0 amide bonds. The number of fused-ring (bicyclic) bond motifs is 2. The predicted molar refractivity (Wildman–Crippen MR) is 180 cm³/mol. The quantitative estimate of drug-likeness (QED) is 0.0855. The van der Waals surface area contributed by atoms with Gasteiger partial charge < -0.3 is 0 Å². The zero-order valence-electron chi connectivity index (χ0n) is 26.6. The van der Waals surface area contributed by atoms with Gasteiger partial charge in [0.1, 0.15) is 0 Å². The second-order valence-electron chi connectivity index (χ2n) is 10.7. The summed E-state index contributed by atoms with van der Waals surface area (Å²) in [6.07, 6.45) is -4.65. The van der Waals surface area contributed by atoms with E-state index in [4.69, 9.17) is 7.49 Å². The summed E-state index contributed by atoms with van der Waals surface area (Å²) < 4.78 is 79.4. The molecule has 0 N–H and O–H groups in total. The predicted octanol–water partition coefficient (Wildman–Crippen LogP) is 10.8. The number of halogens is 6. The summed E-state index contributed by atoms with van der Waals surface area (Å²) in [5.74, 6) is 0. The van der Waals surface area contributed by atoms with E-state index in [1.807, 2.05) is 13.8 Å². The van der Waals surface area contributed by atoms with Gasteiger partial charge >= 0.3 is 151 Å². The molecule has 4 aromatic carbocycles. The Hall–Kier alpha value is -3.03. The number of hydrogen-bond donors (Lipinski definition) is 0. The number of allylic oxidation sites excluding steroid dienone is 6. The minimum atomic E-state index is -4.92. The van der Waals surface area contributed by atoms with Crippen molar-refractivity contribution in [2.24, 2.45) is 0 Å². The fourth-order valence-electron chi connectivity index (χ4n) is 4.88. The molecule has 0 fully saturated rings. The molecule has 0 bridgehead atoms. The summed E-state index contributed by atoms with van der Waals surface area (Å²) in [4.78, 5) is 0. The molecule has 0 spiro atoms. The normalized spacial score (nSPS) is 13.2. The third kappa shape index (κ3) is 9.51. The monoisotopic (exact) mass is 721 g/mol. The molecule has 0 saturated carbocycles. The Labute approximate surface area is 289 Å². The molecule has 1 radical (unpaired) electrons. The van der Waals surface area contributed by atoms with Crippen molar-refractivity contribution in [3.8, 4) is 11.1 Å². The molecule has 9 heteroatoms. The van der Waals surface area contributed by atoms with Crippen LogP contribution in [0.3, 0.4) is 0 Å². The van der Waals surface area contributed by atoms with Crippen molar-refractivity contribution in [2.45, 2.75) is 53.1 Å². The maximum absolute atomic E-state index is 13.4. The second kappa shape index (κ2) is 16.7. The van der Waals surface area contributed by atoms with Gasteiger partial charge in [0.2, 0.25) is 0 Å². The van der Waals surface area contributed by atoms with Crippen LogP contribution in [-0.4, -0.2) is 33.2 Å². The third-order valence-corrected chi connectivity index (χ3v) is 8.21. The van der Waals surface area contributed by atoms with Gasteiger partial charge in [-0.25, -0.2) is 11.1 Å². The molecule has 0 atom stereocenters. The van der Waals surface area contributed by atoms with Crippen molar-refractivity contribution in [3.05, 3.63) is 130 Å². The van der Waals surface area contributed by atoms with Crippen LogP contribution in [0.2, 0.25) is 13.1 Å². The van der Waals surface area contributed by atoms with E-state index in [0.29, 0.717) is 6.07 Å². The maximum atomic E-state index is 13.4. The summed E-state index contributed by atoms with van der Waals surface area (Å²) in [5.41, 5.74) is 2.23. The number of hydrogen-bond acceptors (Lipinski definition) is 0. The Morgan fingerprint density at radius 1 is 0.826 bits per heavy atom. The van der Waals surface area contributed by atoms with Gasteiger partial charge in [-0.3, -0.25) is 6.08 Å². The molecule has 4 aromatic rings. The van der Waals surface area contributed by atoms with Crippen molar-refractivity contribution in [1.29, 1.82) is 0 Å². The minimum Gasteiger partial charge on any atom is -0.168 e. The van der Waals surface area contributed by atoms with E-state index in [2.05, 4.69) is 92.7 Å². The van der Waals surface area contributed by atoms with Crippen LogP contribution < -0.4 is 0 Å². The number of alkyl halides is 6. The van der Waals surface area contributed by atoms with Crippen LogP contribution in [0.4, 0.5) is 26.3 Å². The van der Waals surface area contributed by atoms with E-state index in [9.17, 15) is 26.3 Å². The van der Waals surface area contributed by atoms with Crippen molar-refractivity contribution < 1.29 is 52.5 Å². The van der Waals surface area contributed by atoms with Gasteiger partial charge in [-0.05, 0) is 5.56 Å². The number of rotatable bonds is 3. The smallest absolute Gasteiger partial charge is 0.168 e. The zero-order chi connectivity index (χ0) is 33.5. The SMILES string of the molecule is C[C-]=C(C)C(C)=CC.[B]=C1C(C=[Si](C)C)=C(C(F)(F)F)c2c1cccc2C(F)(F)F.[Zr+2].c1ccc(-c2cccc3[cH-]ccc23)cc1. The maximum Gasteiger partial charge on any atom is 2.00 e. The first-order valence-corrected chi connectivity index (χ1v) is 16.8. The Balaban J connectivity index is 0.000000265. The van der Waals surface area contributed by atoms with Gasteiger partial charge in [-0.15, -0.1) is 42.8 Å². The fraction of sp³-hybridized carbons (Fsp3) is 0.216. The summed E-state index contributed by atoms with van der Waals surface area (Å²) in [6, 6.07) is 26.3. The summed E-state index contributed by atoms with van der Waals surface area (Å²) >= 11 is 0. The molecule has 0 aromatic heterocycles. The molecule has 5 rings (SSSR count). The Morgan fingerprint density at radius 3 is 1.96 bits per heavy atom. The van der Waals surface area contributed by atoms with Crippen LogP contribution in [0, 0.1) is 6.08 Å². The molecule has 1 aliphatic carbocycles. The molecule has 1 aliphatic rings. The average Bonchev–Trinajstić information content (AvgIpc) is 3.59. The van der Waals surface area contributed by atoms with E-state index < -0.39 is 37.5 Å². The minimum absolute atomic E-state index is 0. The molecule has 0 saturated heterocycles. The fourth-order valence-corrected chi connectivity index (χ4v) is 5.75. The summed E-state index contributed by atoms with van der Waals surface area (Å²) in [6.45, 7) is 11.6. The molecule has 0 aliphatic heterocycles. The van der Waals surface area contributed by atoms with Crippen molar-refractivity contribution >= 4 is 43.4 Å². The number of benzene rings is 3. The van der Waals surface area contributed by atoms with Crippen molar-refractivity contribution in [3.63, 3.8) is 0 Å². The van der Waals surface area contributed by atoms with Gasteiger partial charge in [0, 0.05) is 0 Å². The molecule has 0 heterocycles. The van der Waals surface area contributed by atoms with Gasteiger partial charge in [0.15, 0.2) is 0 Å². The average molecular weight is 723 g/mol. The van der Waals surface area contributed by atoms with E-state index in [0.717, 1.165) is 6.07 Å². The summed E-state index contributed by atoms with van der Waals surface area (Å²) in [5, 5.41) is 2.65. The van der Waals surface area contributed by atoms with Crippen molar-refractivity contribution in [2.75, 3.05) is 0 Å². The zero-order valence-corrected chi connectivity index (χ0v) is 30.0. The Morgan fingerprint density at radius 2 is 1.43 bits per heavy atom. The van der Waals surface area contributed by atoms with Gasteiger partial charge in [-0.1, -0.05) is 55.8 Å². The van der Waals surface area contributed by atoms with E-state index >= 15 is 0 Å². The van der Waals surface area contributed by atoms with Gasteiger partial charge in [-0.2, -0.15) is 18.2 Å². The first-order chi connectivity index (χ1) is 21.1. The Kier molecular flexibility index (Phi) is 14.2. The molecular weight excluding hydrogens is 689 g/mol. The molecule has 235 valence electrons. The van der Waals surface area contributed by atoms with Crippen LogP contribution >= 0.6 is 0 Å². The molecule has 0 unspecified atom stereocenters. The van der Waals surface area contributed by atoms with Crippen LogP contribution in [0.1, 0.15) is 44.4 Å². The van der Waals surface area contributed by atoms with E-state index in [1.54, 1.807) is 13.1 Å². The van der Waals surface area contributed by atoms with Crippen LogP contribution in [0.15, 0.2) is 108 Å². The molecule has 46 heavy (non-hydrogen) atoms. The summed E-state index contributed by atoms with van der Waals surface area (Å²) in [7, 11) is 4.44. The first kappa shape index (κ1) is 39.2. The van der Waals surface area contributed by atoms with Crippen molar-refractivity contribution in [1.82, 2.24) is 0 Å². The molecule has 0 nitrogen and oxygen atoms in total. The van der Waals surface area contributed by atoms with Crippen LogP contribution in [0.25, 0.3) is 27.5 Å². The van der Waals surface area contributed by atoms with Gasteiger partial charge in [0.05, 0.1) is 0 Å². The largest absolute Gasteiger partial charge is 2.00 e. The Bertz CT molecular complexity index is 1770. The van der Waals surface area contributed by atoms with Crippen LogP contribution in [0.5, 0.6) is 0 Å². The van der Waals surface area contributed by atoms with E-state index in [-0.39, 0.29) is 42.8 Å². The van der Waals surface area contributed by atoms with Crippen LogP contribution in [-0.2, 0) is 32.4 Å². The standard InChI is InChI=1S/C15H11.C14H10BF6Si.C8H13.Zr/c1-2-6-12(7-3-1)14-10-4-8-13-9-5-11-15(13)14;1-22(2)6-8-11(14(19,20)21)10-7(12(8)15)4-3-5-9(10)13(16,17)18;1-5-7(3)8(4)6-2;/h1-11H;3-6H,1-2H3;5H,1-4H3;/q-1;;-1;+2. The molecular formula is C37H34BF6SiZr. The first-order valence-electron chi connectivity index (χ1n) is 14.3. The van der Waals surface area contributed by atoms with E-state index in [1.165, 1.54) is 44.8 Å². The van der Waals surface area contributed by atoms with Gasteiger partial charge in [0.25, 0.3) is 0 Å².